The Kier molecular flexibility index (Phi) is 11.5. The molecule has 1 saturated carbocycles. The van der Waals surface area contributed by atoms with Crippen LogP contribution in [0.15, 0.2) is 40.9 Å². The number of benzene rings is 2. The standard InChI is InChI=1S/C34H39F6N3O3.ClH/c1-3-42(18-22-8-10-24(11-9-22)32(44)45)30-16-26-7-5-4-6-25(26)15-27(30)20-43(31-12-21(2)41-46-31)19-23-13-28(33(35,36)37)17-29(14-23)34(38,39)40;/h12-17,22,24H,3-11,18-20H2,1-2H3,(H,44,45);1H. The minimum absolute atomic E-state index is 0. The Morgan fingerprint density at radius 3 is 1.98 bits per heavy atom. The van der Waals surface area contributed by atoms with Crippen molar-refractivity contribution in [1.82, 2.24) is 5.16 Å². The summed E-state index contributed by atoms with van der Waals surface area (Å²) in [6.07, 6.45) is -3.14. The van der Waals surface area contributed by atoms with Crippen LogP contribution in [0.25, 0.3) is 0 Å². The Bertz CT molecular complexity index is 1500. The van der Waals surface area contributed by atoms with E-state index in [4.69, 9.17) is 4.52 Å². The van der Waals surface area contributed by atoms with Gasteiger partial charge in [0.2, 0.25) is 5.88 Å². The molecule has 0 unspecified atom stereocenters. The molecule has 0 atom stereocenters. The molecular weight excluding hydrogens is 648 g/mol. The van der Waals surface area contributed by atoms with Crippen molar-refractivity contribution in [2.24, 2.45) is 11.8 Å². The number of alkyl halides is 6. The average molecular weight is 688 g/mol. The third kappa shape index (κ3) is 8.94. The minimum Gasteiger partial charge on any atom is -0.481 e. The van der Waals surface area contributed by atoms with Gasteiger partial charge in [-0.05, 0) is 118 Å². The van der Waals surface area contributed by atoms with Crippen LogP contribution in [-0.2, 0) is 43.1 Å². The first-order valence-corrected chi connectivity index (χ1v) is 15.8. The van der Waals surface area contributed by atoms with Crippen molar-refractivity contribution in [1.29, 1.82) is 0 Å². The van der Waals surface area contributed by atoms with Crippen molar-refractivity contribution in [3.05, 3.63) is 75.5 Å². The van der Waals surface area contributed by atoms with Gasteiger partial charge in [-0.15, -0.1) is 12.4 Å². The normalized spacial score (nSPS) is 18.3. The van der Waals surface area contributed by atoms with Gasteiger partial charge in [-0.25, -0.2) is 0 Å². The number of rotatable bonds is 10. The number of carbonyl (C=O) groups is 1. The maximum Gasteiger partial charge on any atom is 0.416 e. The maximum atomic E-state index is 13.7. The summed E-state index contributed by atoms with van der Waals surface area (Å²) in [5.41, 5.74) is 1.92. The average Bonchev–Trinajstić information content (AvgIpc) is 3.44. The second-order valence-electron chi connectivity index (χ2n) is 12.6. The summed E-state index contributed by atoms with van der Waals surface area (Å²) in [4.78, 5) is 15.4. The van der Waals surface area contributed by atoms with E-state index in [-0.39, 0.29) is 48.9 Å². The van der Waals surface area contributed by atoms with Gasteiger partial charge in [0.25, 0.3) is 0 Å². The summed E-state index contributed by atoms with van der Waals surface area (Å²) >= 11 is 0. The predicted molar refractivity (Wildman–Crippen MR) is 169 cm³/mol. The molecule has 0 saturated heterocycles. The SMILES string of the molecule is CCN(CC1CCC(C(=O)O)CC1)c1cc2c(cc1CN(Cc1cc(C(F)(F)F)cc(C(F)(F)F)c1)c1cc(C)no1)CCCC2.Cl. The van der Waals surface area contributed by atoms with E-state index in [2.05, 4.69) is 22.2 Å². The second kappa shape index (κ2) is 14.8. The first-order chi connectivity index (χ1) is 21.7. The van der Waals surface area contributed by atoms with Crippen molar-refractivity contribution >= 4 is 29.9 Å². The molecule has 2 aliphatic rings. The quantitative estimate of drug-likeness (QED) is 0.214. The van der Waals surface area contributed by atoms with Crippen LogP contribution in [0.1, 0.15) is 84.5 Å². The predicted octanol–water partition coefficient (Wildman–Crippen LogP) is 9.25. The lowest BCUT2D eigenvalue weighted by atomic mass is 9.81. The molecule has 5 rings (SSSR count). The highest BCUT2D eigenvalue weighted by molar-refractivity contribution is 5.85. The van der Waals surface area contributed by atoms with Crippen molar-refractivity contribution in [3.63, 3.8) is 0 Å². The number of nitrogens with zero attached hydrogens (tertiary/aromatic N) is 3. The molecule has 47 heavy (non-hydrogen) atoms. The van der Waals surface area contributed by atoms with Gasteiger partial charge in [-0.1, -0.05) is 11.2 Å². The van der Waals surface area contributed by atoms with Gasteiger partial charge >= 0.3 is 18.3 Å². The minimum atomic E-state index is -4.96. The third-order valence-corrected chi connectivity index (χ3v) is 9.25. The molecule has 1 N–H and O–H groups in total. The highest BCUT2D eigenvalue weighted by Gasteiger charge is 2.37. The van der Waals surface area contributed by atoms with E-state index in [0.29, 0.717) is 31.0 Å². The van der Waals surface area contributed by atoms with Gasteiger partial charge in [-0.2, -0.15) is 26.3 Å². The smallest absolute Gasteiger partial charge is 0.416 e. The van der Waals surface area contributed by atoms with Crippen LogP contribution >= 0.6 is 12.4 Å². The fourth-order valence-corrected chi connectivity index (χ4v) is 6.79. The second-order valence-corrected chi connectivity index (χ2v) is 12.6. The van der Waals surface area contributed by atoms with Crippen molar-refractivity contribution in [2.45, 2.75) is 90.7 Å². The van der Waals surface area contributed by atoms with E-state index in [1.807, 2.05) is 6.92 Å². The van der Waals surface area contributed by atoms with E-state index in [1.165, 1.54) is 11.1 Å². The molecule has 258 valence electrons. The molecular formula is C34H40ClF6N3O3. The van der Waals surface area contributed by atoms with Gasteiger partial charge in [0.05, 0.1) is 22.7 Å². The number of carboxylic acids is 1. The summed E-state index contributed by atoms with van der Waals surface area (Å²) in [7, 11) is 0. The first kappa shape index (κ1) is 36.4. The van der Waals surface area contributed by atoms with Crippen molar-refractivity contribution in [3.8, 4) is 0 Å². The molecule has 0 aliphatic heterocycles. The number of halogens is 7. The number of anilines is 2. The molecule has 0 amide bonds. The van der Waals surface area contributed by atoms with Crippen LogP contribution in [0.5, 0.6) is 0 Å². The Morgan fingerprint density at radius 1 is 0.872 bits per heavy atom. The monoisotopic (exact) mass is 687 g/mol. The number of carboxylic acid groups (broad SMARTS) is 1. The largest absolute Gasteiger partial charge is 0.481 e. The molecule has 2 aliphatic carbocycles. The van der Waals surface area contributed by atoms with E-state index < -0.39 is 29.4 Å². The number of aliphatic carboxylic acids is 1. The van der Waals surface area contributed by atoms with E-state index in [0.717, 1.165) is 68.5 Å². The number of aryl methyl sites for hydroxylation is 3. The lowest BCUT2D eigenvalue weighted by Gasteiger charge is -2.35. The molecule has 0 spiro atoms. The number of hydrogen-bond donors (Lipinski definition) is 1. The topological polar surface area (TPSA) is 69.8 Å². The number of hydrogen-bond acceptors (Lipinski definition) is 5. The highest BCUT2D eigenvalue weighted by atomic mass is 35.5. The lowest BCUT2D eigenvalue weighted by Crippen LogP contribution is -2.34. The lowest BCUT2D eigenvalue weighted by molar-refractivity contribution is -0.144. The third-order valence-electron chi connectivity index (χ3n) is 9.25. The number of fused-ring (bicyclic) bond motifs is 1. The van der Waals surface area contributed by atoms with Crippen LogP contribution in [0.2, 0.25) is 0 Å². The summed E-state index contributed by atoms with van der Waals surface area (Å²) in [6.45, 7) is 5.03. The number of aromatic nitrogens is 1. The van der Waals surface area contributed by atoms with Crippen molar-refractivity contribution in [2.75, 3.05) is 22.9 Å². The summed E-state index contributed by atoms with van der Waals surface area (Å²) in [5.74, 6) is -0.535. The summed E-state index contributed by atoms with van der Waals surface area (Å²) in [5, 5.41) is 13.4. The Hall–Kier alpha value is -3.41. The van der Waals surface area contributed by atoms with Crippen LogP contribution in [0, 0.1) is 18.8 Å². The highest BCUT2D eigenvalue weighted by Crippen LogP contribution is 2.38. The van der Waals surface area contributed by atoms with Crippen LogP contribution in [-0.4, -0.2) is 29.3 Å². The van der Waals surface area contributed by atoms with Gasteiger partial charge in [-0.3, -0.25) is 4.79 Å². The van der Waals surface area contributed by atoms with E-state index >= 15 is 0 Å². The van der Waals surface area contributed by atoms with Crippen LogP contribution in [0.3, 0.4) is 0 Å². The van der Waals surface area contributed by atoms with E-state index in [9.17, 15) is 36.2 Å². The maximum absolute atomic E-state index is 13.7. The van der Waals surface area contributed by atoms with E-state index in [1.54, 1.807) is 17.9 Å². The first-order valence-electron chi connectivity index (χ1n) is 15.8. The Balaban J connectivity index is 0.00000500. The molecule has 6 nitrogen and oxygen atoms in total. The molecule has 3 aromatic rings. The summed E-state index contributed by atoms with van der Waals surface area (Å²) < 4.78 is 87.7. The molecule has 2 aromatic carbocycles. The fourth-order valence-electron chi connectivity index (χ4n) is 6.79. The molecule has 1 aromatic heterocycles. The zero-order valence-corrected chi connectivity index (χ0v) is 27.2. The van der Waals surface area contributed by atoms with Crippen LogP contribution < -0.4 is 9.80 Å². The Morgan fingerprint density at radius 2 is 1.47 bits per heavy atom. The van der Waals surface area contributed by atoms with Gasteiger partial charge in [0.1, 0.15) is 0 Å². The molecule has 1 heterocycles. The molecule has 0 radical (unpaired) electrons. The fraction of sp³-hybridized carbons (Fsp3) is 0.529. The molecule has 0 bridgehead atoms. The van der Waals surface area contributed by atoms with Gasteiger partial charge in [0.15, 0.2) is 0 Å². The zero-order valence-electron chi connectivity index (χ0n) is 26.4. The van der Waals surface area contributed by atoms with Gasteiger partial charge < -0.3 is 19.4 Å². The van der Waals surface area contributed by atoms with Crippen molar-refractivity contribution < 1.29 is 40.8 Å². The van der Waals surface area contributed by atoms with Crippen LogP contribution in [0.4, 0.5) is 37.9 Å². The zero-order chi connectivity index (χ0) is 33.2. The van der Waals surface area contributed by atoms with Gasteiger partial charge in [0, 0.05) is 37.9 Å². The summed E-state index contributed by atoms with van der Waals surface area (Å²) in [6, 6.07) is 7.57. The molecule has 13 heteroatoms. The molecule has 1 fully saturated rings. The Labute approximate surface area is 276 Å².